The van der Waals surface area contributed by atoms with Gasteiger partial charge in [-0.3, -0.25) is 0 Å². The summed E-state index contributed by atoms with van der Waals surface area (Å²) in [7, 11) is 3.40. The van der Waals surface area contributed by atoms with E-state index in [1.165, 1.54) is 21.9 Å². The molecule has 0 fully saturated rings. The number of hydrogen-bond acceptors (Lipinski definition) is 2. The summed E-state index contributed by atoms with van der Waals surface area (Å²) in [6.07, 6.45) is 0. The minimum Gasteiger partial charge on any atom is -0.346 e. The van der Waals surface area contributed by atoms with Crippen LogP contribution < -0.4 is 0 Å². The quantitative estimate of drug-likeness (QED) is 0.649. The predicted octanol–water partition coefficient (Wildman–Crippen LogP) is 4.31. The fourth-order valence-corrected chi connectivity index (χ4v) is 3.51. The molecule has 0 N–H and O–H groups in total. The third-order valence-electron chi connectivity index (χ3n) is 4.41. The number of benzene rings is 3. The highest BCUT2D eigenvalue weighted by atomic mass is 16.7. The van der Waals surface area contributed by atoms with Crippen molar-refractivity contribution in [2.45, 2.75) is 5.79 Å². The zero-order valence-electron chi connectivity index (χ0n) is 12.1. The van der Waals surface area contributed by atoms with Crippen LogP contribution in [0.2, 0.25) is 0 Å². The summed E-state index contributed by atoms with van der Waals surface area (Å²) in [4.78, 5) is 0. The van der Waals surface area contributed by atoms with E-state index in [0.29, 0.717) is 0 Å². The topological polar surface area (TPSA) is 18.5 Å². The first kappa shape index (κ1) is 12.6. The van der Waals surface area contributed by atoms with Crippen LogP contribution in [-0.2, 0) is 15.3 Å². The van der Waals surface area contributed by atoms with Gasteiger partial charge in [0.15, 0.2) is 0 Å². The molecule has 0 aliphatic heterocycles. The van der Waals surface area contributed by atoms with Crippen molar-refractivity contribution in [3.63, 3.8) is 0 Å². The van der Waals surface area contributed by atoms with Crippen molar-refractivity contribution < 1.29 is 9.47 Å². The third kappa shape index (κ3) is 1.49. The average molecular weight is 276 g/mol. The standard InChI is InChI=1S/C19H16O2/c1-20-19(21-2)16-11-4-3-9-14(16)15-10-5-7-13-8-6-12-17(19)18(13)15/h3-12H,1-2H3. The first-order valence-corrected chi connectivity index (χ1v) is 7.04. The van der Waals surface area contributed by atoms with E-state index in [0.717, 1.165) is 11.1 Å². The van der Waals surface area contributed by atoms with Gasteiger partial charge in [0.1, 0.15) is 0 Å². The van der Waals surface area contributed by atoms with Crippen molar-refractivity contribution >= 4 is 10.8 Å². The minimum atomic E-state index is -0.843. The summed E-state index contributed by atoms with van der Waals surface area (Å²) >= 11 is 0. The Morgan fingerprint density at radius 2 is 1.29 bits per heavy atom. The van der Waals surface area contributed by atoms with E-state index in [9.17, 15) is 0 Å². The highest BCUT2D eigenvalue weighted by molar-refractivity contribution is 6.02. The smallest absolute Gasteiger partial charge is 0.223 e. The van der Waals surface area contributed by atoms with Crippen LogP contribution >= 0.6 is 0 Å². The lowest BCUT2D eigenvalue weighted by Gasteiger charge is -2.38. The summed E-state index contributed by atoms with van der Waals surface area (Å²) in [5.41, 5.74) is 4.54. The highest BCUT2D eigenvalue weighted by Crippen LogP contribution is 2.49. The Bertz CT molecular complexity index is 827. The molecule has 0 unspecified atom stereocenters. The second-order valence-corrected chi connectivity index (χ2v) is 5.28. The largest absolute Gasteiger partial charge is 0.346 e. The van der Waals surface area contributed by atoms with Crippen molar-refractivity contribution in [1.29, 1.82) is 0 Å². The van der Waals surface area contributed by atoms with Gasteiger partial charge in [-0.1, -0.05) is 60.7 Å². The van der Waals surface area contributed by atoms with Crippen molar-refractivity contribution in [2.75, 3.05) is 14.2 Å². The SMILES string of the molecule is COC1(OC)c2ccccc2-c2cccc3cccc1c23. The fraction of sp³-hybridized carbons (Fsp3) is 0.158. The zero-order chi connectivity index (χ0) is 14.4. The predicted molar refractivity (Wildman–Crippen MR) is 84.2 cm³/mol. The molecule has 2 heteroatoms. The molecule has 0 saturated heterocycles. The van der Waals surface area contributed by atoms with Gasteiger partial charge < -0.3 is 9.47 Å². The Morgan fingerprint density at radius 3 is 2.05 bits per heavy atom. The van der Waals surface area contributed by atoms with Crippen LogP contribution in [0.15, 0.2) is 60.7 Å². The zero-order valence-corrected chi connectivity index (χ0v) is 12.1. The lowest BCUT2D eigenvalue weighted by atomic mass is 9.79. The summed E-state index contributed by atoms with van der Waals surface area (Å²) < 4.78 is 11.8. The molecule has 0 atom stereocenters. The lowest BCUT2D eigenvalue weighted by Crippen LogP contribution is -2.35. The van der Waals surface area contributed by atoms with Crippen LogP contribution in [0.25, 0.3) is 21.9 Å². The molecule has 0 amide bonds. The molecule has 104 valence electrons. The van der Waals surface area contributed by atoms with Crippen molar-refractivity contribution in [2.24, 2.45) is 0 Å². The van der Waals surface area contributed by atoms with E-state index >= 15 is 0 Å². The molecule has 21 heavy (non-hydrogen) atoms. The normalized spacial score (nSPS) is 15.0. The van der Waals surface area contributed by atoms with Gasteiger partial charge in [-0.15, -0.1) is 0 Å². The molecule has 0 heterocycles. The maximum absolute atomic E-state index is 5.88. The van der Waals surface area contributed by atoms with E-state index in [1.54, 1.807) is 14.2 Å². The molecule has 0 spiro atoms. The Balaban J connectivity index is 2.25. The summed E-state index contributed by atoms with van der Waals surface area (Å²) in [6.45, 7) is 0. The van der Waals surface area contributed by atoms with Crippen molar-refractivity contribution in [1.82, 2.24) is 0 Å². The molecule has 3 aromatic rings. The lowest BCUT2D eigenvalue weighted by molar-refractivity contribution is -0.182. The van der Waals surface area contributed by atoms with Crippen LogP contribution in [-0.4, -0.2) is 14.2 Å². The van der Waals surface area contributed by atoms with E-state index in [4.69, 9.17) is 9.47 Å². The van der Waals surface area contributed by atoms with Gasteiger partial charge in [-0.05, 0) is 21.9 Å². The van der Waals surface area contributed by atoms with Crippen LogP contribution in [0, 0.1) is 0 Å². The van der Waals surface area contributed by atoms with Crippen LogP contribution in [0.3, 0.4) is 0 Å². The van der Waals surface area contributed by atoms with Gasteiger partial charge in [0.25, 0.3) is 0 Å². The molecule has 0 aromatic heterocycles. The van der Waals surface area contributed by atoms with Gasteiger partial charge in [0.05, 0.1) is 0 Å². The molecular formula is C19H16O2. The maximum Gasteiger partial charge on any atom is 0.223 e. The van der Waals surface area contributed by atoms with E-state index < -0.39 is 5.79 Å². The fourth-order valence-electron chi connectivity index (χ4n) is 3.51. The number of hydrogen-bond donors (Lipinski definition) is 0. The molecule has 0 saturated carbocycles. The van der Waals surface area contributed by atoms with Gasteiger partial charge in [0, 0.05) is 25.3 Å². The minimum absolute atomic E-state index is 0.843. The third-order valence-corrected chi connectivity index (χ3v) is 4.41. The molecule has 1 aliphatic carbocycles. The van der Waals surface area contributed by atoms with Gasteiger partial charge >= 0.3 is 0 Å². The summed E-state index contributed by atoms with van der Waals surface area (Å²) in [6, 6.07) is 21.0. The summed E-state index contributed by atoms with van der Waals surface area (Å²) in [5, 5.41) is 2.42. The van der Waals surface area contributed by atoms with Gasteiger partial charge in [-0.2, -0.15) is 0 Å². The molecule has 1 aliphatic rings. The van der Waals surface area contributed by atoms with Crippen molar-refractivity contribution in [3.8, 4) is 11.1 Å². The van der Waals surface area contributed by atoms with Gasteiger partial charge in [0.2, 0.25) is 5.79 Å². The summed E-state index contributed by atoms with van der Waals surface area (Å²) in [5.74, 6) is -0.843. The molecular weight excluding hydrogens is 260 g/mol. The molecule has 4 rings (SSSR count). The first-order chi connectivity index (χ1) is 10.3. The van der Waals surface area contributed by atoms with Crippen LogP contribution in [0.4, 0.5) is 0 Å². The average Bonchev–Trinajstić information content (AvgIpc) is 2.56. The Hall–Kier alpha value is -2.16. The Labute approximate surface area is 123 Å². The number of rotatable bonds is 2. The second kappa shape index (κ2) is 4.42. The maximum atomic E-state index is 5.88. The van der Waals surface area contributed by atoms with Crippen molar-refractivity contribution in [3.05, 3.63) is 71.8 Å². The van der Waals surface area contributed by atoms with E-state index in [2.05, 4.69) is 54.6 Å². The monoisotopic (exact) mass is 276 g/mol. The van der Waals surface area contributed by atoms with E-state index in [-0.39, 0.29) is 0 Å². The molecule has 0 bridgehead atoms. The number of ether oxygens (including phenoxy) is 2. The van der Waals surface area contributed by atoms with Crippen LogP contribution in [0.5, 0.6) is 0 Å². The first-order valence-electron chi connectivity index (χ1n) is 7.04. The Kier molecular flexibility index (Phi) is 2.64. The molecule has 3 aromatic carbocycles. The number of methoxy groups -OCH3 is 2. The Morgan fingerprint density at radius 1 is 0.667 bits per heavy atom. The molecule has 0 radical (unpaired) electrons. The van der Waals surface area contributed by atoms with Gasteiger partial charge in [-0.25, -0.2) is 0 Å². The highest BCUT2D eigenvalue weighted by Gasteiger charge is 2.41. The second-order valence-electron chi connectivity index (χ2n) is 5.28. The van der Waals surface area contributed by atoms with E-state index in [1.807, 2.05) is 6.07 Å². The molecule has 2 nitrogen and oxygen atoms in total. The number of fused-ring (bicyclic) bond motifs is 2. The van der Waals surface area contributed by atoms with Crippen LogP contribution in [0.1, 0.15) is 11.1 Å².